The van der Waals surface area contributed by atoms with Gasteiger partial charge in [0.1, 0.15) is 17.8 Å². The third-order valence-electron chi connectivity index (χ3n) is 5.64. The molecule has 1 saturated heterocycles. The molecule has 2 aliphatic heterocycles. The Morgan fingerprint density at radius 3 is 2.24 bits per heavy atom. The van der Waals surface area contributed by atoms with Crippen LogP contribution in [0, 0.1) is 0 Å². The van der Waals surface area contributed by atoms with Crippen LogP contribution in [0.2, 0.25) is 0 Å². The molecule has 34 heavy (non-hydrogen) atoms. The summed E-state index contributed by atoms with van der Waals surface area (Å²) in [7, 11) is -4.17. The quantitative estimate of drug-likeness (QED) is 0.548. The lowest BCUT2D eigenvalue weighted by atomic mass is 9.89. The smallest absolute Gasteiger partial charge is 0.366 e. The van der Waals surface area contributed by atoms with Crippen molar-refractivity contribution in [1.29, 1.82) is 0 Å². The van der Waals surface area contributed by atoms with Gasteiger partial charge in [0.05, 0.1) is 11.7 Å². The van der Waals surface area contributed by atoms with Crippen LogP contribution in [-0.2, 0) is 25.4 Å². The predicted molar refractivity (Wildman–Crippen MR) is 116 cm³/mol. The average molecular weight is 494 g/mol. The molecule has 0 radical (unpaired) electrons. The third kappa shape index (κ3) is 4.64. The van der Waals surface area contributed by atoms with E-state index in [-0.39, 0.29) is 5.70 Å². The van der Waals surface area contributed by atoms with Crippen LogP contribution in [0.1, 0.15) is 24.0 Å². The second-order valence-electron chi connectivity index (χ2n) is 8.03. The summed E-state index contributed by atoms with van der Waals surface area (Å²) in [6.07, 6.45) is -5.84. The maximum Gasteiger partial charge on any atom is 0.406 e. The first kappa shape index (κ1) is 23.8. The molecule has 3 atom stereocenters. The van der Waals surface area contributed by atoms with E-state index in [0.29, 0.717) is 16.1 Å². The molecule has 0 spiro atoms. The van der Waals surface area contributed by atoms with Gasteiger partial charge in [-0.25, -0.2) is 23.6 Å². The van der Waals surface area contributed by atoms with E-state index in [4.69, 9.17) is 0 Å². The molecule has 0 saturated carbocycles. The molecule has 4 rings (SSSR count). The maximum absolute atomic E-state index is 13.8. The number of nitrogens with zero attached hydrogens (tertiary/aromatic N) is 1. The Bertz CT molecular complexity index is 1230. The largest absolute Gasteiger partial charge is 0.406 e. The fraction of sp³-hybridized carbons (Fsp3) is 0.273. The van der Waals surface area contributed by atoms with Crippen LogP contribution < -0.4 is 15.5 Å². The number of allylic oxidation sites excluding steroid dienone is 1. The van der Waals surface area contributed by atoms with Crippen molar-refractivity contribution < 1.29 is 31.2 Å². The Morgan fingerprint density at radius 1 is 1.06 bits per heavy atom. The highest BCUT2D eigenvalue weighted by atomic mass is 32.2. The molecule has 2 aromatic rings. The monoisotopic (exact) mass is 494 g/mol. The van der Waals surface area contributed by atoms with Gasteiger partial charge in [-0.15, -0.1) is 0 Å². The van der Waals surface area contributed by atoms with Crippen LogP contribution in [-0.4, -0.2) is 43.6 Å². The Kier molecular flexibility index (Phi) is 6.13. The number of fused-ring (bicyclic) bond motifs is 1. The van der Waals surface area contributed by atoms with Crippen LogP contribution >= 0.6 is 0 Å². The third-order valence-corrected chi connectivity index (χ3v) is 6.85. The zero-order chi connectivity index (χ0) is 24.7. The van der Waals surface area contributed by atoms with Crippen molar-refractivity contribution in [3.05, 3.63) is 83.1 Å². The van der Waals surface area contributed by atoms with Gasteiger partial charge < -0.3 is 5.32 Å². The molecule has 180 valence electrons. The van der Waals surface area contributed by atoms with Crippen molar-refractivity contribution in [2.45, 2.75) is 37.0 Å². The predicted octanol–water partition coefficient (Wildman–Crippen LogP) is 1.90. The number of hydrogen-bond acceptors (Lipinski definition) is 6. The van der Waals surface area contributed by atoms with Gasteiger partial charge in [0.25, 0.3) is 11.8 Å². The van der Waals surface area contributed by atoms with Crippen LogP contribution in [0.25, 0.3) is 0 Å². The summed E-state index contributed by atoms with van der Waals surface area (Å²) in [4.78, 5) is 25.9. The second kappa shape index (κ2) is 8.76. The summed E-state index contributed by atoms with van der Waals surface area (Å²) in [5.41, 5.74) is 2.32. The van der Waals surface area contributed by atoms with Crippen molar-refractivity contribution in [2.75, 3.05) is 0 Å². The number of hydrazine groups is 1. The molecule has 1 fully saturated rings. The van der Waals surface area contributed by atoms with E-state index in [9.17, 15) is 31.2 Å². The van der Waals surface area contributed by atoms with E-state index in [1.54, 1.807) is 48.5 Å². The number of amides is 2. The Morgan fingerprint density at radius 2 is 1.65 bits per heavy atom. The number of carbonyl (C=O) groups excluding carboxylic acids is 2. The van der Waals surface area contributed by atoms with Gasteiger partial charge in [-0.3, -0.25) is 9.59 Å². The van der Waals surface area contributed by atoms with E-state index in [0.717, 1.165) is 0 Å². The van der Waals surface area contributed by atoms with E-state index < -0.39 is 57.5 Å². The van der Waals surface area contributed by atoms with Gasteiger partial charge in [0, 0.05) is 5.70 Å². The first-order chi connectivity index (χ1) is 16.0. The molecular weight excluding hydrogens is 473 g/mol. The van der Waals surface area contributed by atoms with Gasteiger partial charge in [0.15, 0.2) is 0 Å². The highest BCUT2D eigenvalue weighted by molar-refractivity contribution is 7.89. The molecule has 0 aliphatic carbocycles. The van der Waals surface area contributed by atoms with E-state index in [1.165, 1.54) is 19.1 Å². The van der Waals surface area contributed by atoms with Gasteiger partial charge in [0.2, 0.25) is 10.0 Å². The zero-order valence-electron chi connectivity index (χ0n) is 17.8. The van der Waals surface area contributed by atoms with Crippen LogP contribution in [0.3, 0.4) is 0 Å². The molecule has 2 aliphatic rings. The number of carbonyl (C=O) groups is 2. The van der Waals surface area contributed by atoms with Crippen LogP contribution in [0.15, 0.2) is 71.9 Å². The number of sulfonamides is 1. The molecule has 2 heterocycles. The lowest BCUT2D eigenvalue weighted by Gasteiger charge is -2.34. The maximum atomic E-state index is 13.8. The molecule has 8 nitrogen and oxygen atoms in total. The number of nitrogens with one attached hydrogen (secondary N) is 3. The first-order valence-corrected chi connectivity index (χ1v) is 11.9. The zero-order valence-corrected chi connectivity index (χ0v) is 18.7. The molecule has 12 heteroatoms. The van der Waals surface area contributed by atoms with Gasteiger partial charge in [-0.05, 0) is 18.1 Å². The minimum Gasteiger partial charge on any atom is -0.366 e. The van der Waals surface area contributed by atoms with Crippen molar-refractivity contribution in [1.82, 2.24) is 20.5 Å². The Balaban J connectivity index is 1.61. The highest BCUT2D eigenvalue weighted by Crippen LogP contribution is 2.41. The lowest BCUT2D eigenvalue weighted by molar-refractivity contribution is -0.161. The summed E-state index contributed by atoms with van der Waals surface area (Å²) in [6, 6.07) is 13.9. The molecule has 2 aromatic carbocycles. The normalized spacial score (nSPS) is 22.9. The van der Waals surface area contributed by atoms with Crippen molar-refractivity contribution in [3.8, 4) is 0 Å². The minimum atomic E-state index is -4.70. The number of alkyl halides is 3. The van der Waals surface area contributed by atoms with Crippen LogP contribution in [0.5, 0.6) is 0 Å². The van der Waals surface area contributed by atoms with Gasteiger partial charge >= 0.3 is 6.18 Å². The van der Waals surface area contributed by atoms with Crippen LogP contribution in [0.4, 0.5) is 13.2 Å². The molecular formula is C22H21F3N4O4S. The summed E-state index contributed by atoms with van der Waals surface area (Å²) in [5.74, 6) is -3.99. The van der Waals surface area contributed by atoms with E-state index in [1.807, 2.05) is 4.72 Å². The minimum absolute atomic E-state index is 0.0239. The topological polar surface area (TPSA) is 108 Å². The Labute approximate surface area is 193 Å². The fourth-order valence-corrected chi connectivity index (χ4v) is 5.27. The molecule has 0 aromatic heterocycles. The Hall–Kier alpha value is -3.38. The van der Waals surface area contributed by atoms with Gasteiger partial charge in [-0.1, -0.05) is 60.7 Å². The number of halogens is 3. The van der Waals surface area contributed by atoms with Gasteiger partial charge in [-0.2, -0.15) is 13.2 Å². The molecule has 2 amide bonds. The molecule has 3 unspecified atom stereocenters. The van der Waals surface area contributed by atoms with Crippen molar-refractivity contribution >= 4 is 21.8 Å². The molecule has 0 bridgehead atoms. The number of rotatable bonds is 5. The summed E-state index contributed by atoms with van der Waals surface area (Å²) >= 11 is 0. The second-order valence-corrected chi connectivity index (χ2v) is 9.75. The van der Waals surface area contributed by atoms with E-state index >= 15 is 0 Å². The standard InChI is InChI=1S/C22H21F3N4O4S/c1-13-16(20(30)28-34(32,33)12-14-8-4-2-5-9-14)21(31)29-19(26-13)17(15-10-6-3-7-11-15)18(27-29)22(23,24)25/h2-11,17-19,26-27H,12H2,1H3,(H,28,30). The summed E-state index contributed by atoms with van der Waals surface area (Å²) in [5, 5.41) is 3.50. The number of benzene rings is 2. The highest BCUT2D eigenvalue weighted by Gasteiger charge is 2.58. The van der Waals surface area contributed by atoms with Crippen molar-refractivity contribution in [3.63, 3.8) is 0 Å². The first-order valence-electron chi connectivity index (χ1n) is 10.3. The van der Waals surface area contributed by atoms with Crippen molar-refractivity contribution in [2.24, 2.45) is 0 Å². The fourth-order valence-electron chi connectivity index (χ4n) is 4.18. The summed E-state index contributed by atoms with van der Waals surface area (Å²) < 4.78 is 68.3. The molecule has 3 N–H and O–H groups in total. The summed E-state index contributed by atoms with van der Waals surface area (Å²) in [6.45, 7) is 1.34. The lowest BCUT2D eigenvalue weighted by Crippen LogP contribution is -2.57. The van der Waals surface area contributed by atoms with E-state index in [2.05, 4.69) is 10.7 Å². The number of hydrogen-bond donors (Lipinski definition) is 3. The average Bonchev–Trinajstić information content (AvgIpc) is 3.14. The SMILES string of the molecule is CC1=C(C(=O)NS(=O)(=O)Cc2ccccc2)C(=O)N2NC(C(F)(F)F)C(c3ccccc3)C2N1.